The van der Waals surface area contributed by atoms with E-state index in [1.54, 1.807) is 29.3 Å². The highest BCUT2D eigenvalue weighted by atomic mass is 32.1. The summed E-state index contributed by atoms with van der Waals surface area (Å²) in [6, 6.07) is 8.24. The largest absolute Gasteiger partial charge is 0.496 e. The number of nitrogens with zero attached hydrogens (tertiary/aromatic N) is 4. The molecule has 0 amide bonds. The van der Waals surface area contributed by atoms with Crippen molar-refractivity contribution in [3.05, 3.63) is 36.7 Å². The lowest BCUT2D eigenvalue weighted by molar-refractivity contribution is 0.170. The zero-order valence-corrected chi connectivity index (χ0v) is 18.4. The van der Waals surface area contributed by atoms with Gasteiger partial charge in [0, 0.05) is 35.6 Å². The first-order valence-corrected chi connectivity index (χ1v) is 10.6. The van der Waals surface area contributed by atoms with E-state index in [1.165, 1.54) is 0 Å². The number of ether oxygens (including phenoxy) is 1. The Bertz CT molecular complexity index is 963. The van der Waals surface area contributed by atoms with Gasteiger partial charge in [-0.3, -0.25) is 0 Å². The molecule has 7 nitrogen and oxygen atoms in total. The Labute approximate surface area is 175 Å². The number of methoxy groups -OCH3 is 1. The van der Waals surface area contributed by atoms with Crippen LogP contribution >= 0.6 is 11.3 Å². The van der Waals surface area contributed by atoms with Gasteiger partial charge in [-0.05, 0) is 58.7 Å². The molecular weight excluding hydrogens is 384 g/mol. The Balaban J connectivity index is 1.55. The van der Waals surface area contributed by atoms with E-state index >= 15 is 0 Å². The summed E-state index contributed by atoms with van der Waals surface area (Å²) in [5.41, 5.74) is 2.04. The molecule has 0 saturated carbocycles. The summed E-state index contributed by atoms with van der Waals surface area (Å²) in [5.74, 6) is 0.754. The van der Waals surface area contributed by atoms with Crippen LogP contribution in [0.3, 0.4) is 0 Å². The molecule has 0 spiro atoms. The molecule has 3 heterocycles. The van der Waals surface area contributed by atoms with Crippen LogP contribution in [0.5, 0.6) is 5.75 Å². The molecule has 2 N–H and O–H groups in total. The van der Waals surface area contributed by atoms with Crippen LogP contribution < -0.4 is 15.4 Å². The molecule has 0 aliphatic carbocycles. The number of hydrogen-bond donors (Lipinski definition) is 2. The molecule has 4 rings (SSSR count). The van der Waals surface area contributed by atoms with Gasteiger partial charge in [0.25, 0.3) is 0 Å². The van der Waals surface area contributed by atoms with E-state index in [2.05, 4.69) is 53.6 Å². The third kappa shape index (κ3) is 4.43. The molecule has 0 atom stereocenters. The number of piperidine rings is 1. The first-order chi connectivity index (χ1) is 13.7. The highest BCUT2D eigenvalue weighted by Crippen LogP contribution is 2.36. The predicted molar refractivity (Wildman–Crippen MR) is 117 cm³/mol. The lowest BCUT2D eigenvalue weighted by Gasteiger charge is -2.46. The van der Waals surface area contributed by atoms with E-state index in [0.717, 1.165) is 40.0 Å². The lowest BCUT2D eigenvalue weighted by Crippen LogP contribution is -2.60. The lowest BCUT2D eigenvalue weighted by atomic mass is 9.80. The van der Waals surface area contributed by atoms with Crippen molar-refractivity contribution in [3.8, 4) is 22.0 Å². The van der Waals surface area contributed by atoms with E-state index < -0.39 is 0 Å². The molecule has 0 radical (unpaired) electrons. The van der Waals surface area contributed by atoms with Gasteiger partial charge in [-0.25, -0.2) is 4.68 Å². The Morgan fingerprint density at radius 2 is 1.93 bits per heavy atom. The Hall–Kier alpha value is -2.45. The number of anilines is 1. The number of hydrogen-bond acceptors (Lipinski definition) is 7. The monoisotopic (exact) mass is 412 g/mol. The van der Waals surface area contributed by atoms with E-state index in [9.17, 15) is 0 Å². The normalized spacial score (nSPS) is 18.5. The van der Waals surface area contributed by atoms with Gasteiger partial charge in [-0.1, -0.05) is 11.3 Å². The van der Waals surface area contributed by atoms with Crippen LogP contribution in [0, 0.1) is 0 Å². The molecule has 0 bridgehead atoms. The summed E-state index contributed by atoms with van der Waals surface area (Å²) in [6.07, 6.45) is 5.73. The van der Waals surface area contributed by atoms with Crippen molar-refractivity contribution in [1.29, 1.82) is 0 Å². The standard InChI is InChI=1S/C21H28N6OS/c1-20(2)12-14(13-21(3,4)26-20)23-19-25-24-18(29-19)16-8-7-15(11-17(16)28-5)27-10-6-9-22-27/h6-11,14,26H,12-13H2,1-5H3,(H,23,25). The first-order valence-electron chi connectivity index (χ1n) is 9.82. The molecular formula is C21H28N6OS. The van der Waals surface area contributed by atoms with E-state index in [4.69, 9.17) is 4.74 Å². The van der Waals surface area contributed by atoms with Gasteiger partial charge >= 0.3 is 0 Å². The van der Waals surface area contributed by atoms with Gasteiger partial charge in [0.05, 0.1) is 18.4 Å². The van der Waals surface area contributed by atoms with Gasteiger partial charge in [-0.2, -0.15) is 5.10 Å². The van der Waals surface area contributed by atoms with Crippen molar-refractivity contribution in [2.75, 3.05) is 12.4 Å². The van der Waals surface area contributed by atoms with E-state index in [0.29, 0.717) is 6.04 Å². The van der Waals surface area contributed by atoms with Crippen LogP contribution in [-0.2, 0) is 0 Å². The number of aromatic nitrogens is 4. The Morgan fingerprint density at radius 3 is 2.59 bits per heavy atom. The average molecular weight is 413 g/mol. The quantitative estimate of drug-likeness (QED) is 0.656. The topological polar surface area (TPSA) is 76.9 Å². The van der Waals surface area contributed by atoms with Gasteiger partial charge in [0.15, 0.2) is 5.01 Å². The molecule has 1 aromatic carbocycles. The molecule has 1 aliphatic heterocycles. The fourth-order valence-electron chi connectivity index (χ4n) is 4.41. The maximum Gasteiger partial charge on any atom is 0.206 e. The van der Waals surface area contributed by atoms with Crippen LogP contribution in [0.25, 0.3) is 16.3 Å². The van der Waals surface area contributed by atoms with Crippen molar-refractivity contribution >= 4 is 16.5 Å². The van der Waals surface area contributed by atoms with Crippen LogP contribution in [0.4, 0.5) is 5.13 Å². The summed E-state index contributed by atoms with van der Waals surface area (Å²) < 4.78 is 7.43. The summed E-state index contributed by atoms with van der Waals surface area (Å²) in [5, 5.41) is 22.1. The highest BCUT2D eigenvalue weighted by molar-refractivity contribution is 7.18. The first kappa shape index (κ1) is 19.8. The number of benzene rings is 1. The minimum atomic E-state index is 0.0818. The second kappa shape index (κ2) is 7.42. The van der Waals surface area contributed by atoms with Crippen LogP contribution in [0.1, 0.15) is 40.5 Å². The maximum absolute atomic E-state index is 5.62. The average Bonchev–Trinajstić information content (AvgIpc) is 3.30. The molecule has 8 heteroatoms. The highest BCUT2D eigenvalue weighted by Gasteiger charge is 2.37. The zero-order chi connectivity index (χ0) is 20.6. The minimum absolute atomic E-state index is 0.0818. The van der Waals surface area contributed by atoms with Crippen LogP contribution in [-0.4, -0.2) is 44.2 Å². The molecule has 2 aromatic heterocycles. The summed E-state index contributed by atoms with van der Waals surface area (Å²) in [6.45, 7) is 9.00. The molecule has 154 valence electrons. The maximum atomic E-state index is 5.62. The van der Waals surface area contributed by atoms with Crippen LogP contribution in [0.2, 0.25) is 0 Å². The summed E-state index contributed by atoms with van der Waals surface area (Å²) in [4.78, 5) is 0. The van der Waals surface area contributed by atoms with Gasteiger partial charge in [-0.15, -0.1) is 10.2 Å². The summed E-state index contributed by atoms with van der Waals surface area (Å²) >= 11 is 1.56. The smallest absolute Gasteiger partial charge is 0.206 e. The van der Waals surface area contributed by atoms with Crippen molar-refractivity contribution in [2.24, 2.45) is 0 Å². The Kier molecular flexibility index (Phi) is 5.08. The number of rotatable bonds is 5. The van der Waals surface area contributed by atoms with Gasteiger partial charge in [0.1, 0.15) is 5.75 Å². The molecule has 3 aromatic rings. The Morgan fingerprint density at radius 1 is 1.17 bits per heavy atom. The van der Waals surface area contributed by atoms with Crippen molar-refractivity contribution < 1.29 is 4.74 Å². The fraction of sp³-hybridized carbons (Fsp3) is 0.476. The van der Waals surface area contributed by atoms with Crippen molar-refractivity contribution in [2.45, 2.75) is 57.7 Å². The van der Waals surface area contributed by atoms with Gasteiger partial charge in [0.2, 0.25) is 5.13 Å². The minimum Gasteiger partial charge on any atom is -0.496 e. The third-order valence-electron chi connectivity index (χ3n) is 5.13. The predicted octanol–water partition coefficient (Wildman–Crippen LogP) is 4.12. The zero-order valence-electron chi connectivity index (χ0n) is 17.6. The number of nitrogens with one attached hydrogen (secondary N) is 2. The van der Waals surface area contributed by atoms with Gasteiger partial charge < -0.3 is 15.4 Å². The van der Waals surface area contributed by atoms with Crippen molar-refractivity contribution in [3.63, 3.8) is 0 Å². The SMILES string of the molecule is COc1cc(-n2cccn2)ccc1-c1nnc(NC2CC(C)(C)NC(C)(C)C2)s1. The molecule has 0 unspecified atom stereocenters. The van der Waals surface area contributed by atoms with Crippen LogP contribution in [0.15, 0.2) is 36.7 Å². The van der Waals surface area contributed by atoms with Crippen molar-refractivity contribution in [1.82, 2.24) is 25.3 Å². The molecule has 1 aliphatic rings. The fourth-order valence-corrected chi connectivity index (χ4v) is 5.26. The molecule has 29 heavy (non-hydrogen) atoms. The van der Waals surface area contributed by atoms with E-state index in [-0.39, 0.29) is 11.1 Å². The van der Waals surface area contributed by atoms with E-state index in [1.807, 2.05) is 30.5 Å². The third-order valence-corrected chi connectivity index (χ3v) is 6.02. The summed E-state index contributed by atoms with van der Waals surface area (Å²) in [7, 11) is 1.67. The molecule has 1 fully saturated rings. The second-order valence-electron chi connectivity index (χ2n) is 8.89. The second-order valence-corrected chi connectivity index (χ2v) is 9.87. The molecule has 1 saturated heterocycles.